The Morgan fingerprint density at radius 3 is 2.60 bits per heavy atom. The Balaban J connectivity index is 2.05. The molecule has 1 fully saturated rings. The average Bonchev–Trinajstić information content (AvgIpc) is 2.43. The van der Waals surface area contributed by atoms with Crippen molar-refractivity contribution in [1.29, 1.82) is 0 Å². The Kier molecular flexibility index (Phi) is 5.06. The van der Waals surface area contributed by atoms with E-state index >= 15 is 0 Å². The summed E-state index contributed by atoms with van der Waals surface area (Å²) >= 11 is 0. The molecule has 0 bridgehead atoms. The third kappa shape index (κ3) is 3.33. The minimum Gasteiger partial charge on any atom is -0.496 e. The van der Waals surface area contributed by atoms with Crippen LogP contribution in [0.3, 0.4) is 0 Å². The standard InChI is InChI=1S/C17H28N2O/c1-17(13-18,11-14-7-6-8-14)19(2)12-15-9-4-5-10-16(15)20-3/h4-5,9-10,14H,6-8,11-13,18H2,1-3H3. The summed E-state index contributed by atoms with van der Waals surface area (Å²) in [6.45, 7) is 3.88. The lowest BCUT2D eigenvalue weighted by Crippen LogP contribution is -2.51. The maximum atomic E-state index is 6.09. The van der Waals surface area contributed by atoms with E-state index < -0.39 is 0 Å². The van der Waals surface area contributed by atoms with Crippen LogP contribution in [0.5, 0.6) is 5.75 Å². The van der Waals surface area contributed by atoms with Crippen LogP contribution in [0.1, 0.15) is 38.2 Å². The van der Waals surface area contributed by atoms with Crippen molar-refractivity contribution in [2.75, 3.05) is 20.7 Å². The Bertz CT molecular complexity index is 431. The second-order valence-electron chi connectivity index (χ2n) is 6.37. The molecular formula is C17H28N2O. The van der Waals surface area contributed by atoms with Gasteiger partial charge in [-0.05, 0) is 32.4 Å². The molecule has 0 aromatic heterocycles. The van der Waals surface area contributed by atoms with Gasteiger partial charge in [0.15, 0.2) is 0 Å². The quantitative estimate of drug-likeness (QED) is 0.832. The van der Waals surface area contributed by atoms with Crippen molar-refractivity contribution in [2.24, 2.45) is 11.7 Å². The summed E-state index contributed by atoms with van der Waals surface area (Å²) in [5.74, 6) is 1.83. The van der Waals surface area contributed by atoms with E-state index in [4.69, 9.17) is 10.5 Å². The zero-order valence-corrected chi connectivity index (χ0v) is 13.1. The van der Waals surface area contributed by atoms with E-state index in [0.717, 1.165) is 18.2 Å². The molecule has 2 N–H and O–H groups in total. The van der Waals surface area contributed by atoms with Crippen molar-refractivity contribution in [3.05, 3.63) is 29.8 Å². The van der Waals surface area contributed by atoms with Crippen molar-refractivity contribution in [3.8, 4) is 5.75 Å². The summed E-state index contributed by atoms with van der Waals surface area (Å²) in [5, 5.41) is 0. The molecule has 2 rings (SSSR count). The molecule has 1 unspecified atom stereocenters. The van der Waals surface area contributed by atoms with Crippen molar-refractivity contribution in [2.45, 2.75) is 44.7 Å². The van der Waals surface area contributed by atoms with E-state index in [0.29, 0.717) is 6.54 Å². The molecule has 1 atom stereocenters. The predicted octanol–water partition coefficient (Wildman–Crippen LogP) is 3.03. The van der Waals surface area contributed by atoms with Crippen LogP contribution in [-0.4, -0.2) is 31.1 Å². The molecule has 1 saturated carbocycles. The molecule has 20 heavy (non-hydrogen) atoms. The Labute approximate surface area is 123 Å². The van der Waals surface area contributed by atoms with Gasteiger partial charge in [-0.1, -0.05) is 37.5 Å². The van der Waals surface area contributed by atoms with E-state index in [1.54, 1.807) is 7.11 Å². The number of hydrogen-bond donors (Lipinski definition) is 1. The van der Waals surface area contributed by atoms with Gasteiger partial charge >= 0.3 is 0 Å². The molecule has 0 amide bonds. The Morgan fingerprint density at radius 2 is 2.05 bits per heavy atom. The van der Waals surface area contributed by atoms with Gasteiger partial charge in [0.05, 0.1) is 7.11 Å². The molecule has 0 aliphatic heterocycles. The first-order valence-corrected chi connectivity index (χ1v) is 7.62. The van der Waals surface area contributed by atoms with E-state index in [-0.39, 0.29) is 5.54 Å². The maximum absolute atomic E-state index is 6.09. The summed E-state index contributed by atoms with van der Waals surface area (Å²) in [6.07, 6.45) is 5.34. The first-order valence-electron chi connectivity index (χ1n) is 7.62. The van der Waals surface area contributed by atoms with Gasteiger partial charge in [-0.2, -0.15) is 0 Å². The summed E-state index contributed by atoms with van der Waals surface area (Å²) in [4.78, 5) is 2.39. The van der Waals surface area contributed by atoms with Gasteiger partial charge in [0, 0.05) is 24.2 Å². The SMILES string of the molecule is COc1ccccc1CN(C)C(C)(CN)CC1CCC1. The van der Waals surface area contributed by atoms with Crippen LogP contribution in [0.25, 0.3) is 0 Å². The van der Waals surface area contributed by atoms with Gasteiger partial charge in [0.25, 0.3) is 0 Å². The molecule has 0 radical (unpaired) electrons. The lowest BCUT2D eigenvalue weighted by molar-refractivity contribution is 0.0850. The minimum absolute atomic E-state index is 0.0753. The zero-order chi connectivity index (χ0) is 14.6. The number of hydrogen-bond acceptors (Lipinski definition) is 3. The molecule has 1 aliphatic carbocycles. The number of ether oxygens (including phenoxy) is 1. The lowest BCUT2D eigenvalue weighted by atomic mass is 9.76. The molecule has 0 heterocycles. The highest BCUT2D eigenvalue weighted by Gasteiger charge is 2.33. The second kappa shape index (κ2) is 6.59. The fraction of sp³-hybridized carbons (Fsp3) is 0.647. The molecule has 0 spiro atoms. The molecule has 0 saturated heterocycles. The van der Waals surface area contributed by atoms with Crippen molar-refractivity contribution >= 4 is 0 Å². The smallest absolute Gasteiger partial charge is 0.123 e. The number of benzene rings is 1. The highest BCUT2D eigenvalue weighted by Crippen LogP contribution is 2.36. The van der Waals surface area contributed by atoms with E-state index in [1.165, 1.54) is 31.2 Å². The second-order valence-corrected chi connectivity index (χ2v) is 6.37. The third-order valence-electron chi connectivity index (χ3n) is 4.91. The molecule has 3 nitrogen and oxygen atoms in total. The molecule has 1 aliphatic rings. The Hall–Kier alpha value is -1.06. The Morgan fingerprint density at radius 1 is 1.35 bits per heavy atom. The van der Waals surface area contributed by atoms with Crippen LogP contribution < -0.4 is 10.5 Å². The zero-order valence-electron chi connectivity index (χ0n) is 13.1. The summed E-state index contributed by atoms with van der Waals surface area (Å²) in [7, 11) is 3.91. The third-order valence-corrected chi connectivity index (χ3v) is 4.91. The van der Waals surface area contributed by atoms with Crippen LogP contribution in [0.2, 0.25) is 0 Å². The number of likely N-dealkylation sites (N-methyl/N-ethyl adjacent to an activating group) is 1. The number of para-hydroxylation sites is 1. The first-order chi connectivity index (χ1) is 9.59. The van der Waals surface area contributed by atoms with Crippen molar-refractivity contribution in [3.63, 3.8) is 0 Å². The van der Waals surface area contributed by atoms with Crippen molar-refractivity contribution in [1.82, 2.24) is 4.90 Å². The van der Waals surface area contributed by atoms with Crippen LogP contribution >= 0.6 is 0 Å². The normalized spacial score (nSPS) is 18.6. The van der Waals surface area contributed by atoms with Gasteiger partial charge in [-0.25, -0.2) is 0 Å². The van der Waals surface area contributed by atoms with Crippen molar-refractivity contribution < 1.29 is 4.74 Å². The van der Waals surface area contributed by atoms with E-state index in [1.807, 2.05) is 12.1 Å². The number of nitrogens with zero attached hydrogens (tertiary/aromatic N) is 1. The molecule has 3 heteroatoms. The maximum Gasteiger partial charge on any atom is 0.123 e. The highest BCUT2D eigenvalue weighted by molar-refractivity contribution is 5.33. The lowest BCUT2D eigenvalue weighted by Gasteiger charge is -2.43. The summed E-state index contributed by atoms with van der Waals surface area (Å²) in [5.41, 5.74) is 7.39. The van der Waals surface area contributed by atoms with Crippen LogP contribution in [0, 0.1) is 5.92 Å². The molecular weight excluding hydrogens is 248 g/mol. The summed E-state index contributed by atoms with van der Waals surface area (Å²) in [6, 6.07) is 8.24. The van der Waals surface area contributed by atoms with Gasteiger partial charge in [-0.15, -0.1) is 0 Å². The number of nitrogens with two attached hydrogens (primary N) is 1. The number of rotatable bonds is 7. The highest BCUT2D eigenvalue weighted by atomic mass is 16.5. The molecule has 1 aromatic carbocycles. The van der Waals surface area contributed by atoms with Crippen LogP contribution in [0.4, 0.5) is 0 Å². The summed E-state index contributed by atoms with van der Waals surface area (Å²) < 4.78 is 5.45. The van der Waals surface area contributed by atoms with E-state index in [2.05, 4.69) is 31.0 Å². The van der Waals surface area contributed by atoms with Gasteiger partial charge in [-0.3, -0.25) is 4.90 Å². The topological polar surface area (TPSA) is 38.5 Å². The molecule has 112 valence electrons. The van der Waals surface area contributed by atoms with Gasteiger partial charge in [0.1, 0.15) is 5.75 Å². The average molecular weight is 276 g/mol. The fourth-order valence-electron chi connectivity index (χ4n) is 2.99. The first kappa shape index (κ1) is 15.3. The fourth-order valence-corrected chi connectivity index (χ4v) is 2.99. The monoisotopic (exact) mass is 276 g/mol. The minimum atomic E-state index is 0.0753. The molecule has 1 aromatic rings. The van der Waals surface area contributed by atoms with Gasteiger partial charge in [0.2, 0.25) is 0 Å². The predicted molar refractivity (Wildman–Crippen MR) is 83.9 cm³/mol. The van der Waals surface area contributed by atoms with E-state index in [9.17, 15) is 0 Å². The van der Waals surface area contributed by atoms with Crippen LogP contribution in [-0.2, 0) is 6.54 Å². The number of methoxy groups -OCH3 is 1. The van der Waals surface area contributed by atoms with Gasteiger partial charge < -0.3 is 10.5 Å². The largest absolute Gasteiger partial charge is 0.496 e. The van der Waals surface area contributed by atoms with Crippen LogP contribution in [0.15, 0.2) is 24.3 Å².